The van der Waals surface area contributed by atoms with Crippen LogP contribution in [0.25, 0.3) is 21.7 Å². The fraction of sp³-hybridized carbons (Fsp3) is 0.300. The molecule has 1 aromatic heterocycles. The first-order valence-corrected chi connectivity index (χ1v) is 8.65. The molecule has 3 aromatic rings. The van der Waals surface area contributed by atoms with Gasteiger partial charge in [0.2, 0.25) is 0 Å². The Morgan fingerprint density at radius 3 is 2.58 bits per heavy atom. The van der Waals surface area contributed by atoms with E-state index in [-0.39, 0.29) is 17.9 Å². The van der Waals surface area contributed by atoms with Gasteiger partial charge in [-0.1, -0.05) is 38.0 Å². The van der Waals surface area contributed by atoms with Gasteiger partial charge in [-0.3, -0.25) is 4.79 Å². The largest absolute Gasteiger partial charge is 0.507 e. The van der Waals surface area contributed by atoms with Gasteiger partial charge >= 0.3 is 11.6 Å². The molecule has 0 unspecified atom stereocenters. The Bertz CT molecular complexity index is 1010. The lowest BCUT2D eigenvalue weighted by Crippen LogP contribution is -2.36. The van der Waals surface area contributed by atoms with Gasteiger partial charge in [0, 0.05) is 11.9 Å². The average Bonchev–Trinajstić information content (AvgIpc) is 2.63. The van der Waals surface area contributed by atoms with E-state index in [1.165, 1.54) is 6.07 Å². The van der Waals surface area contributed by atoms with E-state index in [2.05, 4.69) is 5.32 Å². The van der Waals surface area contributed by atoms with Crippen molar-refractivity contribution in [3.8, 4) is 5.75 Å². The van der Waals surface area contributed by atoms with Crippen molar-refractivity contribution in [2.75, 3.05) is 0 Å². The highest BCUT2D eigenvalue weighted by Gasteiger charge is 2.19. The zero-order valence-corrected chi connectivity index (χ0v) is 14.5. The molecule has 0 fully saturated rings. The Kier molecular flexibility index (Phi) is 5.23. The second kappa shape index (κ2) is 7.58. The van der Waals surface area contributed by atoms with Crippen molar-refractivity contribution >= 4 is 27.7 Å². The summed E-state index contributed by atoms with van der Waals surface area (Å²) < 4.78 is 5.46. The van der Waals surface area contributed by atoms with Gasteiger partial charge in [-0.05, 0) is 30.0 Å². The number of phenolic OH excluding ortho intramolecular Hbond substituents is 1. The summed E-state index contributed by atoms with van der Waals surface area (Å²) in [5.74, 6) is -0.979. The van der Waals surface area contributed by atoms with Crippen molar-refractivity contribution in [1.82, 2.24) is 5.32 Å². The Hall–Kier alpha value is -2.86. The van der Waals surface area contributed by atoms with Gasteiger partial charge in [-0.25, -0.2) is 4.79 Å². The summed E-state index contributed by atoms with van der Waals surface area (Å²) in [5.41, 5.74) is 0.176. The molecule has 1 heterocycles. The zero-order chi connectivity index (χ0) is 18.7. The number of carbonyl (C=O) groups is 1. The number of benzene rings is 2. The molecule has 0 aliphatic carbocycles. The molecule has 0 bridgehead atoms. The van der Waals surface area contributed by atoms with Gasteiger partial charge in [0.1, 0.15) is 17.4 Å². The molecular weight excluding hydrogens is 334 g/mol. The van der Waals surface area contributed by atoms with Crippen LogP contribution in [0.3, 0.4) is 0 Å². The number of nitrogens with one attached hydrogen (secondary N) is 1. The number of phenols is 1. The van der Waals surface area contributed by atoms with E-state index in [1.54, 1.807) is 18.2 Å². The lowest BCUT2D eigenvalue weighted by atomic mass is 10.0. The van der Waals surface area contributed by atoms with Crippen LogP contribution >= 0.6 is 0 Å². The highest BCUT2D eigenvalue weighted by molar-refractivity contribution is 6.05. The topological polar surface area (TPSA) is 99.8 Å². The van der Waals surface area contributed by atoms with Crippen molar-refractivity contribution in [3.05, 3.63) is 52.4 Å². The summed E-state index contributed by atoms with van der Waals surface area (Å²) in [6.07, 6.45) is 2.17. The smallest absolute Gasteiger partial charge is 0.344 e. The third-order valence-corrected chi connectivity index (χ3v) is 4.54. The molecule has 1 atom stereocenters. The predicted molar refractivity (Wildman–Crippen MR) is 99.4 cm³/mol. The maximum atomic E-state index is 12.3. The molecule has 0 amide bonds. The second-order valence-corrected chi connectivity index (χ2v) is 6.29. The van der Waals surface area contributed by atoms with Crippen molar-refractivity contribution in [2.45, 2.75) is 38.8 Å². The summed E-state index contributed by atoms with van der Waals surface area (Å²) in [6, 6.07) is 9.62. The molecule has 0 saturated carbocycles. The van der Waals surface area contributed by atoms with E-state index in [4.69, 9.17) is 4.42 Å². The van der Waals surface area contributed by atoms with Crippen LogP contribution in [0.2, 0.25) is 0 Å². The number of aromatic hydroxyl groups is 1. The first kappa shape index (κ1) is 17.9. The van der Waals surface area contributed by atoms with E-state index in [1.807, 2.05) is 19.1 Å². The maximum Gasteiger partial charge on any atom is 0.344 e. The van der Waals surface area contributed by atoms with Crippen molar-refractivity contribution in [1.29, 1.82) is 0 Å². The minimum atomic E-state index is -0.940. The summed E-state index contributed by atoms with van der Waals surface area (Å²) in [4.78, 5) is 23.7. The highest BCUT2D eigenvalue weighted by atomic mass is 16.4. The number of carboxylic acids is 1. The molecule has 26 heavy (non-hydrogen) atoms. The van der Waals surface area contributed by atoms with E-state index < -0.39 is 17.6 Å². The molecule has 136 valence electrons. The molecule has 0 aliphatic heterocycles. The quantitative estimate of drug-likeness (QED) is 0.444. The molecule has 2 aromatic carbocycles. The molecule has 6 heteroatoms. The van der Waals surface area contributed by atoms with Crippen LogP contribution in [0.5, 0.6) is 5.75 Å². The number of carboxylic acid groups (broad SMARTS) is 1. The molecule has 0 aliphatic rings. The Morgan fingerprint density at radius 2 is 1.88 bits per heavy atom. The molecule has 3 N–H and O–H groups in total. The van der Waals surface area contributed by atoms with Crippen molar-refractivity contribution in [3.63, 3.8) is 0 Å². The number of hydrogen-bond acceptors (Lipinski definition) is 5. The Morgan fingerprint density at radius 1 is 1.15 bits per heavy atom. The zero-order valence-electron chi connectivity index (χ0n) is 14.5. The number of rotatable bonds is 7. The van der Waals surface area contributed by atoms with E-state index in [9.17, 15) is 19.8 Å². The number of unbranched alkanes of at least 4 members (excludes halogenated alkanes) is 1. The summed E-state index contributed by atoms with van der Waals surface area (Å²) in [7, 11) is 0. The lowest BCUT2D eigenvalue weighted by Gasteiger charge is -2.15. The molecule has 0 spiro atoms. The van der Waals surface area contributed by atoms with Crippen LogP contribution in [-0.4, -0.2) is 22.2 Å². The Balaban J connectivity index is 2.04. The normalized spacial score (nSPS) is 12.5. The molecule has 3 rings (SSSR count). The maximum absolute atomic E-state index is 12.3. The van der Waals surface area contributed by atoms with Crippen LogP contribution in [-0.2, 0) is 11.3 Å². The van der Waals surface area contributed by atoms with Crippen LogP contribution in [0.15, 0.2) is 45.6 Å². The van der Waals surface area contributed by atoms with Crippen LogP contribution in [0, 0.1) is 0 Å². The molecular formula is C20H21NO5. The Labute approximate surface area is 150 Å². The first-order valence-electron chi connectivity index (χ1n) is 8.65. The second-order valence-electron chi connectivity index (χ2n) is 6.29. The van der Waals surface area contributed by atoms with Crippen molar-refractivity contribution in [2.24, 2.45) is 0 Å². The average molecular weight is 355 g/mol. The summed E-state index contributed by atoms with van der Waals surface area (Å²) in [5, 5.41) is 24.5. The lowest BCUT2D eigenvalue weighted by molar-refractivity contribution is -0.139. The summed E-state index contributed by atoms with van der Waals surface area (Å²) in [6.45, 7) is 2.08. The van der Waals surface area contributed by atoms with Gasteiger partial charge < -0.3 is 19.9 Å². The van der Waals surface area contributed by atoms with Gasteiger partial charge in [0.15, 0.2) is 0 Å². The highest BCUT2D eigenvalue weighted by Crippen LogP contribution is 2.30. The van der Waals surface area contributed by atoms with Crippen LogP contribution < -0.4 is 10.9 Å². The minimum absolute atomic E-state index is 0.0388. The van der Waals surface area contributed by atoms with Crippen LogP contribution in [0.4, 0.5) is 0 Å². The van der Waals surface area contributed by atoms with Gasteiger partial charge in [-0.2, -0.15) is 0 Å². The fourth-order valence-electron chi connectivity index (χ4n) is 3.11. The van der Waals surface area contributed by atoms with E-state index in [0.29, 0.717) is 22.8 Å². The van der Waals surface area contributed by atoms with E-state index in [0.717, 1.165) is 18.2 Å². The third-order valence-electron chi connectivity index (χ3n) is 4.54. The van der Waals surface area contributed by atoms with Crippen LogP contribution in [0.1, 0.15) is 31.7 Å². The van der Waals surface area contributed by atoms with Gasteiger partial charge in [0.05, 0.1) is 10.9 Å². The minimum Gasteiger partial charge on any atom is -0.507 e. The standard InChI is InChI=1S/C20H21NO5/c1-2-3-8-16(19(23)24)21-11-15-17(22)10-9-13-12-6-4-5-7-14(12)20(25)26-18(13)15/h4-7,9-10,16,21-22H,2-3,8,11H2,1H3,(H,23,24)/t16-/m0/s1. The fourth-order valence-corrected chi connectivity index (χ4v) is 3.11. The van der Waals surface area contributed by atoms with E-state index >= 15 is 0 Å². The first-order chi connectivity index (χ1) is 12.5. The number of hydrogen-bond donors (Lipinski definition) is 3. The number of fused-ring (bicyclic) bond motifs is 3. The van der Waals surface area contributed by atoms with Gasteiger partial charge in [0.25, 0.3) is 0 Å². The molecule has 0 radical (unpaired) electrons. The number of aliphatic carboxylic acids is 1. The third kappa shape index (κ3) is 3.41. The summed E-state index contributed by atoms with van der Waals surface area (Å²) >= 11 is 0. The van der Waals surface area contributed by atoms with Gasteiger partial charge in [-0.15, -0.1) is 0 Å². The SMILES string of the molecule is CCCC[C@H](NCc1c(O)ccc2c1oc(=O)c1ccccc12)C(=O)O. The predicted octanol–water partition coefficient (Wildman–Crippen LogP) is 3.38. The molecule has 6 nitrogen and oxygen atoms in total. The monoisotopic (exact) mass is 355 g/mol. The molecule has 0 saturated heterocycles. The van der Waals surface area contributed by atoms with Crippen molar-refractivity contribution < 1.29 is 19.4 Å².